The quantitative estimate of drug-likeness (QED) is 0.0244. The molecule has 0 saturated carbocycles. The highest BCUT2D eigenvalue weighted by molar-refractivity contribution is 5.99. The third-order valence-corrected chi connectivity index (χ3v) is 10.2. The van der Waals surface area contributed by atoms with Gasteiger partial charge in [0.05, 0.1) is 23.3 Å². The van der Waals surface area contributed by atoms with Crippen LogP contribution in [0.25, 0.3) is 34.1 Å². The van der Waals surface area contributed by atoms with E-state index in [1.165, 1.54) is 50.3 Å². The smallest absolute Gasteiger partial charge is 0.227 e. The van der Waals surface area contributed by atoms with E-state index in [2.05, 4.69) is 12.6 Å². The van der Waals surface area contributed by atoms with Crippen LogP contribution >= 0.6 is 0 Å². The van der Waals surface area contributed by atoms with Crippen molar-refractivity contribution in [1.29, 1.82) is 0 Å². The maximum absolute atomic E-state index is 12.7. The lowest BCUT2D eigenvalue weighted by molar-refractivity contribution is -0.118. The Morgan fingerprint density at radius 3 is 2.19 bits per heavy atom. The number of phenolic OH excluding ortho intramolecular Hbond substituents is 1. The van der Waals surface area contributed by atoms with Gasteiger partial charge >= 0.3 is 0 Å². The third-order valence-electron chi connectivity index (χ3n) is 10.2. The van der Waals surface area contributed by atoms with Crippen LogP contribution in [0.2, 0.25) is 0 Å². The van der Waals surface area contributed by atoms with Gasteiger partial charge in [-0.15, -0.1) is 6.58 Å². The van der Waals surface area contributed by atoms with E-state index in [1.54, 1.807) is 22.3 Å². The molecule has 0 radical (unpaired) electrons. The second-order valence-corrected chi connectivity index (χ2v) is 15.6. The van der Waals surface area contributed by atoms with E-state index >= 15 is 0 Å². The van der Waals surface area contributed by atoms with Crippen LogP contribution in [-0.2, 0) is 11.3 Å². The molecule has 1 aliphatic heterocycles. The molecule has 0 fully saturated rings. The summed E-state index contributed by atoms with van der Waals surface area (Å²) >= 11 is 0. The standard InChI is InChI=1S/C29H41N5O4.C19H20N2O.C3H6/c1-33(31)17-11-6-4-2-3-5-7-12-18-34(32)20-23(30)21-37-29-25(35)16-15-24-26(36)19-27(38-28(24)29)22-13-9-8-10-14-22;1-2-7-19(22)21-13-15-9-4-3-8-14(15)12-17(20)16-10-5-6-11-18(16)21;1-3-2/h8-10,13-16,19-20,35H,2-7,11-12,17-18,21,30-32H2,1H3;3-6,8-12H,2,7,13,20H2,1H3;3H,1H2,2H3/b23-20-;17-12+;. The highest BCUT2D eigenvalue weighted by Crippen LogP contribution is 2.36. The summed E-state index contributed by atoms with van der Waals surface area (Å²) in [4.78, 5) is 27.2. The summed E-state index contributed by atoms with van der Waals surface area (Å²) in [6.07, 6.45) is 16.1. The summed E-state index contributed by atoms with van der Waals surface area (Å²) in [6.45, 7) is 9.45. The van der Waals surface area contributed by atoms with Gasteiger partial charge in [-0.05, 0) is 61.6 Å². The molecule has 336 valence electrons. The molecule has 5 aromatic rings. The number of hydrogen-bond acceptors (Lipinski definition) is 11. The molecular formula is C51H67N7O5. The summed E-state index contributed by atoms with van der Waals surface area (Å²) < 4.78 is 11.8. The van der Waals surface area contributed by atoms with Crippen molar-refractivity contribution in [2.45, 2.75) is 84.6 Å². The fourth-order valence-electron chi connectivity index (χ4n) is 7.10. The number of carbonyl (C=O) groups excluding carboxylic acids is 1. The number of allylic oxidation sites excluding steroid dienone is 1. The number of phenols is 1. The molecule has 4 aromatic carbocycles. The molecular weight excluding hydrogens is 791 g/mol. The molecule has 12 nitrogen and oxygen atoms in total. The summed E-state index contributed by atoms with van der Waals surface area (Å²) in [5.41, 5.74) is 18.2. The summed E-state index contributed by atoms with van der Waals surface area (Å²) in [6, 6.07) is 29.6. The molecule has 1 aliphatic rings. The van der Waals surface area contributed by atoms with E-state index in [0.29, 0.717) is 42.1 Å². The van der Waals surface area contributed by atoms with Crippen LogP contribution in [0.5, 0.6) is 11.5 Å². The van der Waals surface area contributed by atoms with Crippen LogP contribution in [0, 0.1) is 0 Å². The maximum atomic E-state index is 12.7. The Morgan fingerprint density at radius 2 is 1.51 bits per heavy atom. The number of hydrazine groups is 2. The van der Waals surface area contributed by atoms with E-state index < -0.39 is 0 Å². The number of anilines is 1. The Morgan fingerprint density at radius 1 is 0.889 bits per heavy atom. The van der Waals surface area contributed by atoms with Crippen LogP contribution in [0.3, 0.4) is 0 Å². The fourth-order valence-corrected chi connectivity index (χ4v) is 7.10. The van der Waals surface area contributed by atoms with Crippen LogP contribution < -0.4 is 38.2 Å². The first-order valence-electron chi connectivity index (χ1n) is 21.9. The van der Waals surface area contributed by atoms with Crippen LogP contribution in [0.4, 0.5) is 5.69 Å². The minimum atomic E-state index is -0.231. The van der Waals surface area contributed by atoms with Crippen molar-refractivity contribution in [2.75, 3.05) is 31.6 Å². The number of amides is 1. The van der Waals surface area contributed by atoms with Gasteiger partial charge in [-0.3, -0.25) is 20.4 Å². The van der Waals surface area contributed by atoms with Gasteiger partial charge in [0.2, 0.25) is 11.7 Å². The predicted molar refractivity (Wildman–Crippen MR) is 259 cm³/mol. The second-order valence-electron chi connectivity index (χ2n) is 15.6. The topological polar surface area (TPSA) is 191 Å². The Hall–Kier alpha value is -6.34. The van der Waals surface area contributed by atoms with Gasteiger partial charge in [-0.25, -0.2) is 5.84 Å². The predicted octanol–water partition coefficient (Wildman–Crippen LogP) is 9.43. The Bertz CT molecular complexity index is 2320. The van der Waals surface area contributed by atoms with E-state index in [-0.39, 0.29) is 35.0 Å². The first-order valence-corrected chi connectivity index (χ1v) is 21.9. The third kappa shape index (κ3) is 15.5. The van der Waals surface area contributed by atoms with Gasteiger partial charge < -0.3 is 35.6 Å². The van der Waals surface area contributed by atoms with Gasteiger partial charge in [0.1, 0.15) is 12.4 Å². The number of nitrogens with two attached hydrogens (primary N) is 4. The lowest BCUT2D eigenvalue weighted by atomic mass is 9.99. The second kappa shape index (κ2) is 26.2. The maximum Gasteiger partial charge on any atom is 0.227 e. The first kappa shape index (κ1) is 49.3. The van der Waals surface area contributed by atoms with Crippen LogP contribution in [-0.4, -0.2) is 47.8 Å². The van der Waals surface area contributed by atoms with Gasteiger partial charge in [0.25, 0.3) is 0 Å². The molecule has 12 heteroatoms. The number of hydrogen-bond donors (Lipinski definition) is 5. The highest BCUT2D eigenvalue weighted by atomic mass is 16.5. The Balaban J connectivity index is 0.000000293. The van der Waals surface area contributed by atoms with Gasteiger partial charge in [0.15, 0.2) is 16.8 Å². The number of unbranched alkanes of at least 4 members (excludes halogenated alkanes) is 7. The molecule has 0 saturated heterocycles. The largest absolute Gasteiger partial charge is 0.504 e. The van der Waals surface area contributed by atoms with Gasteiger partial charge in [-0.2, -0.15) is 0 Å². The lowest BCUT2D eigenvalue weighted by Gasteiger charge is -2.28. The first-order chi connectivity index (χ1) is 30.5. The number of nitrogens with zero attached hydrogens (tertiary/aromatic N) is 3. The zero-order chi connectivity index (χ0) is 45.6. The number of aromatic hydroxyl groups is 1. The van der Waals surface area contributed by atoms with Crippen molar-refractivity contribution in [3.05, 3.63) is 149 Å². The lowest BCUT2D eigenvalue weighted by Crippen LogP contribution is -2.32. The van der Waals surface area contributed by atoms with Crippen molar-refractivity contribution < 1.29 is 19.1 Å². The zero-order valence-electron chi connectivity index (χ0n) is 37.3. The van der Waals surface area contributed by atoms with E-state index in [0.717, 1.165) is 60.2 Å². The molecule has 0 spiro atoms. The number of ether oxygens (including phenoxy) is 1. The molecule has 0 bridgehead atoms. The zero-order valence-corrected chi connectivity index (χ0v) is 37.3. The monoisotopic (exact) mass is 858 g/mol. The number of para-hydroxylation sites is 1. The average Bonchev–Trinajstić information content (AvgIpc) is 3.26. The minimum Gasteiger partial charge on any atom is -0.504 e. The number of benzene rings is 4. The minimum absolute atomic E-state index is 0.0282. The van der Waals surface area contributed by atoms with Gasteiger partial charge in [-0.1, -0.05) is 124 Å². The molecule has 0 aliphatic carbocycles. The highest BCUT2D eigenvalue weighted by Gasteiger charge is 2.22. The van der Waals surface area contributed by atoms with Crippen molar-refractivity contribution in [3.63, 3.8) is 0 Å². The number of fused-ring (bicyclic) bond motifs is 3. The number of rotatable bonds is 18. The summed E-state index contributed by atoms with van der Waals surface area (Å²) in [5, 5.41) is 14.0. The van der Waals surface area contributed by atoms with Crippen molar-refractivity contribution in [1.82, 2.24) is 10.0 Å². The van der Waals surface area contributed by atoms with Crippen LogP contribution in [0.15, 0.2) is 131 Å². The van der Waals surface area contributed by atoms with Gasteiger partial charge in [0, 0.05) is 55.6 Å². The van der Waals surface area contributed by atoms with Crippen molar-refractivity contribution >= 4 is 34.3 Å². The molecule has 0 unspecified atom stereocenters. The van der Waals surface area contributed by atoms with E-state index in [1.807, 2.05) is 105 Å². The van der Waals surface area contributed by atoms with Crippen molar-refractivity contribution in [3.8, 4) is 22.8 Å². The number of carbonyl (C=O) groups is 1. The van der Waals surface area contributed by atoms with E-state index in [4.69, 9.17) is 32.3 Å². The molecule has 1 amide bonds. The SMILES string of the molecule is C=CC.CCCC(=O)N1Cc2ccccc2/C=C(/N)c2ccccc21.CN(N)CCCCCCCCCCN(N)/C=C(\N)COc1c(O)ccc2c(=O)cc(-c3ccccc3)oc12. The summed E-state index contributed by atoms with van der Waals surface area (Å²) in [7, 11) is 1.90. The molecule has 9 N–H and O–H groups in total. The van der Waals surface area contributed by atoms with Crippen molar-refractivity contribution in [2.24, 2.45) is 23.2 Å². The summed E-state index contributed by atoms with van der Waals surface area (Å²) in [5.74, 6) is 12.1. The molecule has 63 heavy (non-hydrogen) atoms. The Kier molecular flexibility index (Phi) is 20.5. The molecule has 1 aromatic heterocycles. The molecule has 2 heterocycles. The van der Waals surface area contributed by atoms with E-state index in [9.17, 15) is 14.7 Å². The fraction of sp³-hybridized carbons (Fsp3) is 0.333. The average molecular weight is 858 g/mol. The normalized spacial score (nSPS) is 12.9. The molecule has 0 atom stereocenters. The Labute approximate surface area is 373 Å². The molecule has 6 rings (SSSR count). The van der Waals surface area contributed by atoms with Crippen LogP contribution in [0.1, 0.15) is 94.7 Å².